The number of carbonyl (C=O) groups is 1. The van der Waals surface area contributed by atoms with Crippen LogP contribution >= 0.6 is 0 Å². The largest absolute Gasteiger partial charge is 0.368 e. The monoisotopic (exact) mass is 291 g/mol. The van der Waals surface area contributed by atoms with Gasteiger partial charge in [0.25, 0.3) is 11.5 Å². The molecule has 2 atom stereocenters. The Labute approximate surface area is 119 Å². The van der Waals surface area contributed by atoms with Gasteiger partial charge in [0.2, 0.25) is 0 Å². The third-order valence-corrected chi connectivity index (χ3v) is 3.63. The number of aromatic amines is 1. The lowest BCUT2D eigenvalue weighted by atomic mass is 10.0. The van der Waals surface area contributed by atoms with Crippen LogP contribution in [0, 0.1) is 11.7 Å². The Morgan fingerprint density at radius 1 is 1.52 bits per heavy atom. The van der Waals surface area contributed by atoms with Gasteiger partial charge in [-0.05, 0) is 18.4 Å². The van der Waals surface area contributed by atoms with Crippen LogP contribution in [0.2, 0.25) is 0 Å². The van der Waals surface area contributed by atoms with Crippen molar-refractivity contribution < 1.29 is 13.9 Å². The first-order chi connectivity index (χ1) is 10.1. The zero-order valence-electron chi connectivity index (χ0n) is 11.4. The average Bonchev–Trinajstić information content (AvgIpc) is 2.87. The second-order valence-corrected chi connectivity index (χ2v) is 5.13. The normalized spacial score (nSPS) is 21.6. The number of H-pyrrole nitrogens is 1. The molecule has 1 fully saturated rings. The van der Waals surface area contributed by atoms with Crippen LogP contribution in [0.4, 0.5) is 10.1 Å². The molecular weight excluding hydrogens is 277 g/mol. The molecule has 1 aliphatic heterocycles. The van der Waals surface area contributed by atoms with Gasteiger partial charge in [0.15, 0.2) is 0 Å². The van der Waals surface area contributed by atoms with Crippen molar-refractivity contribution in [1.82, 2.24) is 9.97 Å². The standard InChI is InChI=1S/C14H14FN3O3/c1-7-2-3-21-12(7)14(20)18-11-4-8-10(5-9(11)15)16-6-17-13(8)19/h4-7,12H,2-3H2,1H3,(H,18,20)(H,16,17,19)/t7-,12-/m0/s1. The maximum atomic E-state index is 14.0. The quantitative estimate of drug-likeness (QED) is 0.876. The van der Waals surface area contributed by atoms with Gasteiger partial charge in [-0.15, -0.1) is 0 Å². The van der Waals surface area contributed by atoms with Crippen LogP contribution in [0.5, 0.6) is 0 Å². The molecule has 6 nitrogen and oxygen atoms in total. The van der Waals surface area contributed by atoms with Gasteiger partial charge < -0.3 is 15.0 Å². The number of halogens is 1. The number of aromatic nitrogens is 2. The maximum absolute atomic E-state index is 14.0. The van der Waals surface area contributed by atoms with Crippen molar-refractivity contribution in [2.75, 3.05) is 11.9 Å². The summed E-state index contributed by atoms with van der Waals surface area (Å²) in [7, 11) is 0. The number of fused-ring (bicyclic) bond motifs is 1. The van der Waals surface area contributed by atoms with Gasteiger partial charge in [0.05, 0.1) is 22.9 Å². The first-order valence-corrected chi connectivity index (χ1v) is 6.65. The summed E-state index contributed by atoms with van der Waals surface area (Å²) in [6, 6.07) is 2.41. The van der Waals surface area contributed by atoms with Gasteiger partial charge in [-0.2, -0.15) is 0 Å². The Balaban J connectivity index is 1.93. The highest BCUT2D eigenvalue weighted by Gasteiger charge is 2.31. The van der Waals surface area contributed by atoms with E-state index in [0.29, 0.717) is 6.61 Å². The third-order valence-electron chi connectivity index (χ3n) is 3.63. The summed E-state index contributed by atoms with van der Waals surface area (Å²) in [5.74, 6) is -0.961. The number of anilines is 1. The van der Waals surface area contributed by atoms with Gasteiger partial charge >= 0.3 is 0 Å². The highest BCUT2D eigenvalue weighted by Crippen LogP contribution is 2.24. The number of nitrogens with zero attached hydrogens (tertiary/aromatic N) is 1. The molecule has 1 aliphatic rings. The van der Waals surface area contributed by atoms with Crippen molar-refractivity contribution in [3.8, 4) is 0 Å². The molecule has 2 N–H and O–H groups in total. The summed E-state index contributed by atoms with van der Waals surface area (Å²) in [6.45, 7) is 2.42. The fourth-order valence-corrected chi connectivity index (χ4v) is 2.42. The molecule has 0 aliphatic carbocycles. The van der Waals surface area contributed by atoms with Crippen LogP contribution in [0.25, 0.3) is 10.9 Å². The molecule has 3 rings (SSSR count). The first-order valence-electron chi connectivity index (χ1n) is 6.65. The first kappa shape index (κ1) is 13.7. The van der Waals surface area contributed by atoms with E-state index < -0.39 is 17.8 Å². The molecule has 21 heavy (non-hydrogen) atoms. The average molecular weight is 291 g/mol. The smallest absolute Gasteiger partial charge is 0.258 e. The van der Waals surface area contributed by atoms with Gasteiger partial charge in [-0.3, -0.25) is 9.59 Å². The molecule has 1 aromatic heterocycles. The lowest BCUT2D eigenvalue weighted by Crippen LogP contribution is -2.31. The third kappa shape index (κ3) is 2.52. The molecular formula is C14H14FN3O3. The summed E-state index contributed by atoms with van der Waals surface area (Å²) in [5, 5.41) is 2.70. The van der Waals surface area contributed by atoms with E-state index >= 15 is 0 Å². The van der Waals surface area contributed by atoms with E-state index in [1.54, 1.807) is 0 Å². The molecule has 0 unspecified atom stereocenters. The molecule has 7 heteroatoms. The van der Waals surface area contributed by atoms with Crippen LogP contribution in [-0.2, 0) is 9.53 Å². The molecule has 2 aromatic rings. The van der Waals surface area contributed by atoms with Crippen LogP contribution in [0.3, 0.4) is 0 Å². The minimum atomic E-state index is -0.639. The van der Waals surface area contributed by atoms with E-state index in [-0.39, 0.29) is 28.1 Å². The van der Waals surface area contributed by atoms with E-state index in [9.17, 15) is 14.0 Å². The van der Waals surface area contributed by atoms with Gasteiger partial charge in [-0.1, -0.05) is 6.92 Å². The SMILES string of the molecule is C[C@H]1CCO[C@@H]1C(=O)Nc1cc2c(=O)[nH]cnc2cc1F. The fourth-order valence-electron chi connectivity index (χ4n) is 2.42. The molecule has 0 radical (unpaired) electrons. The molecule has 1 amide bonds. The second kappa shape index (κ2) is 5.25. The Bertz CT molecular complexity index is 759. The van der Waals surface area contributed by atoms with E-state index in [1.165, 1.54) is 12.4 Å². The summed E-state index contributed by atoms with van der Waals surface area (Å²) in [5.41, 5.74) is -0.200. The molecule has 1 saturated heterocycles. The summed E-state index contributed by atoms with van der Waals surface area (Å²) >= 11 is 0. The molecule has 2 heterocycles. The van der Waals surface area contributed by atoms with Crippen LogP contribution < -0.4 is 10.9 Å². The molecule has 0 spiro atoms. The topological polar surface area (TPSA) is 84.1 Å². The Morgan fingerprint density at radius 3 is 3.05 bits per heavy atom. The van der Waals surface area contributed by atoms with Crippen molar-refractivity contribution in [3.05, 3.63) is 34.6 Å². The number of amides is 1. The molecule has 110 valence electrons. The predicted octanol–water partition coefficient (Wildman–Crippen LogP) is 1.43. The molecule has 1 aromatic carbocycles. The summed E-state index contributed by atoms with van der Waals surface area (Å²) < 4.78 is 19.3. The number of benzene rings is 1. The number of hydrogen-bond acceptors (Lipinski definition) is 4. The minimum Gasteiger partial charge on any atom is -0.368 e. The highest BCUT2D eigenvalue weighted by atomic mass is 19.1. The summed E-state index contributed by atoms with van der Waals surface area (Å²) in [4.78, 5) is 30.1. The fraction of sp³-hybridized carbons (Fsp3) is 0.357. The Hall–Kier alpha value is -2.28. The number of nitrogens with one attached hydrogen (secondary N) is 2. The van der Waals surface area contributed by atoms with Crippen molar-refractivity contribution in [2.24, 2.45) is 5.92 Å². The van der Waals surface area contributed by atoms with E-state index in [1.807, 2.05) is 6.92 Å². The minimum absolute atomic E-state index is 0.0475. The van der Waals surface area contributed by atoms with Gasteiger partial charge in [-0.25, -0.2) is 9.37 Å². The number of hydrogen-bond donors (Lipinski definition) is 2. The number of rotatable bonds is 2. The maximum Gasteiger partial charge on any atom is 0.258 e. The van der Waals surface area contributed by atoms with E-state index in [0.717, 1.165) is 12.5 Å². The molecule has 0 saturated carbocycles. The molecule has 0 bridgehead atoms. The van der Waals surface area contributed by atoms with Crippen molar-refractivity contribution in [2.45, 2.75) is 19.4 Å². The zero-order valence-corrected chi connectivity index (χ0v) is 11.4. The summed E-state index contributed by atoms with van der Waals surface area (Å²) in [6.07, 6.45) is 1.41. The van der Waals surface area contributed by atoms with Crippen molar-refractivity contribution >= 4 is 22.5 Å². The Kier molecular flexibility index (Phi) is 3.42. The van der Waals surface area contributed by atoms with E-state index in [4.69, 9.17) is 4.74 Å². The lowest BCUT2D eigenvalue weighted by Gasteiger charge is -2.15. The van der Waals surface area contributed by atoms with Gasteiger partial charge in [0, 0.05) is 12.7 Å². The van der Waals surface area contributed by atoms with Gasteiger partial charge in [0.1, 0.15) is 11.9 Å². The number of carbonyl (C=O) groups excluding carboxylic acids is 1. The zero-order chi connectivity index (χ0) is 15.0. The van der Waals surface area contributed by atoms with Crippen molar-refractivity contribution in [1.29, 1.82) is 0 Å². The predicted molar refractivity (Wildman–Crippen MR) is 74.5 cm³/mol. The highest BCUT2D eigenvalue weighted by molar-refractivity contribution is 5.96. The van der Waals surface area contributed by atoms with E-state index in [2.05, 4.69) is 15.3 Å². The van der Waals surface area contributed by atoms with Crippen molar-refractivity contribution in [3.63, 3.8) is 0 Å². The van der Waals surface area contributed by atoms with Crippen LogP contribution in [-0.4, -0.2) is 28.6 Å². The number of ether oxygens (including phenoxy) is 1. The lowest BCUT2D eigenvalue weighted by molar-refractivity contribution is -0.126. The second-order valence-electron chi connectivity index (χ2n) is 5.13. The van der Waals surface area contributed by atoms with Crippen LogP contribution in [0.1, 0.15) is 13.3 Å². The van der Waals surface area contributed by atoms with Crippen LogP contribution in [0.15, 0.2) is 23.3 Å². The Morgan fingerprint density at radius 2 is 2.33 bits per heavy atom.